The molecule has 3 N–H and O–H groups in total. The van der Waals surface area contributed by atoms with Gasteiger partial charge in [0.2, 0.25) is 0 Å². The van der Waals surface area contributed by atoms with Gasteiger partial charge < -0.3 is 20.5 Å². The summed E-state index contributed by atoms with van der Waals surface area (Å²) in [6, 6.07) is 16.5. The molecule has 30 heavy (non-hydrogen) atoms. The van der Waals surface area contributed by atoms with E-state index in [9.17, 15) is 5.11 Å². The summed E-state index contributed by atoms with van der Waals surface area (Å²) in [5.41, 5.74) is 2.26. The molecule has 3 rings (SSSR count). The van der Waals surface area contributed by atoms with E-state index in [1.165, 1.54) is 5.56 Å². The molecule has 1 aliphatic heterocycles. The number of phenols is 1. The van der Waals surface area contributed by atoms with Crippen molar-refractivity contribution in [3.63, 3.8) is 0 Å². The quantitative estimate of drug-likeness (QED) is 0.295. The van der Waals surface area contributed by atoms with E-state index in [1.807, 2.05) is 12.1 Å². The smallest absolute Gasteiger partial charge is 0.191 e. The Balaban J connectivity index is 0.00000320. The monoisotopic (exact) mass is 524 g/mol. The van der Waals surface area contributed by atoms with Crippen LogP contribution in [0.1, 0.15) is 24.0 Å². The summed E-state index contributed by atoms with van der Waals surface area (Å²) in [5.74, 6) is 1.75. The molecule has 1 saturated heterocycles. The molecule has 7 heteroatoms. The number of methoxy groups -OCH3 is 1. The maximum absolute atomic E-state index is 10.1. The van der Waals surface area contributed by atoms with Crippen molar-refractivity contribution >= 4 is 29.9 Å². The summed E-state index contributed by atoms with van der Waals surface area (Å²) in [6.07, 6.45) is 2.92. The van der Waals surface area contributed by atoms with Crippen molar-refractivity contribution in [1.29, 1.82) is 0 Å². The summed E-state index contributed by atoms with van der Waals surface area (Å²) in [4.78, 5) is 6.86. The molecule has 0 radical (unpaired) electrons. The van der Waals surface area contributed by atoms with Gasteiger partial charge in [-0.3, -0.25) is 9.89 Å². The second kappa shape index (κ2) is 12.6. The van der Waals surface area contributed by atoms with Crippen LogP contribution in [0, 0.1) is 0 Å². The molecule has 1 fully saturated rings. The molecule has 0 saturated carbocycles. The maximum atomic E-state index is 10.1. The first-order valence-corrected chi connectivity index (χ1v) is 10.3. The Morgan fingerprint density at radius 2 is 1.90 bits per heavy atom. The number of guanidine groups is 1. The number of likely N-dealkylation sites (tertiary alicyclic amines) is 1. The number of hydrogen-bond acceptors (Lipinski definition) is 4. The highest BCUT2D eigenvalue weighted by Crippen LogP contribution is 2.23. The highest BCUT2D eigenvalue weighted by molar-refractivity contribution is 14.0. The van der Waals surface area contributed by atoms with Gasteiger partial charge in [-0.25, -0.2) is 0 Å². The number of halogens is 1. The Morgan fingerprint density at radius 3 is 2.53 bits per heavy atom. The van der Waals surface area contributed by atoms with E-state index in [0.717, 1.165) is 44.0 Å². The number of piperidine rings is 1. The molecule has 0 aliphatic carbocycles. The molecule has 1 aliphatic rings. The normalized spacial score (nSPS) is 15.3. The van der Waals surface area contributed by atoms with Gasteiger partial charge in [0.25, 0.3) is 0 Å². The van der Waals surface area contributed by atoms with Crippen LogP contribution in [-0.2, 0) is 13.0 Å². The predicted octanol–water partition coefficient (Wildman–Crippen LogP) is 3.39. The molecule has 0 amide bonds. The summed E-state index contributed by atoms with van der Waals surface area (Å²) >= 11 is 0. The fraction of sp³-hybridized carbons (Fsp3) is 0.435. The molecule has 0 atom stereocenters. The third-order valence-corrected chi connectivity index (χ3v) is 5.38. The summed E-state index contributed by atoms with van der Waals surface area (Å²) in [7, 11) is 3.39. The lowest BCUT2D eigenvalue weighted by Crippen LogP contribution is -2.48. The number of nitrogens with zero attached hydrogens (tertiary/aromatic N) is 2. The minimum absolute atomic E-state index is 0. The van der Waals surface area contributed by atoms with Crippen LogP contribution in [0.15, 0.2) is 53.5 Å². The first-order valence-electron chi connectivity index (χ1n) is 10.3. The molecular formula is C23H33IN4O2. The fourth-order valence-electron chi connectivity index (χ4n) is 3.66. The fourth-order valence-corrected chi connectivity index (χ4v) is 3.66. The summed E-state index contributed by atoms with van der Waals surface area (Å²) in [5, 5.41) is 17.0. The standard InChI is InChI=1S/C23H32N4O2.HI/c1-24-23(25-13-10-19-8-9-21(29-2)16-22(19)28)26-20-11-14-27(15-12-20)17-18-6-4-3-5-7-18;/h3-9,16,20,28H,10-15,17H2,1-2H3,(H2,24,25,26);1H. The lowest BCUT2D eigenvalue weighted by molar-refractivity contribution is 0.198. The number of rotatable bonds is 7. The number of aliphatic imine (C=N–C) groups is 1. The van der Waals surface area contributed by atoms with Gasteiger partial charge in [0, 0.05) is 45.3 Å². The molecule has 6 nitrogen and oxygen atoms in total. The number of nitrogens with one attached hydrogen (secondary N) is 2. The van der Waals surface area contributed by atoms with Crippen molar-refractivity contribution in [1.82, 2.24) is 15.5 Å². The molecule has 2 aromatic rings. The highest BCUT2D eigenvalue weighted by atomic mass is 127. The molecule has 0 spiro atoms. The highest BCUT2D eigenvalue weighted by Gasteiger charge is 2.20. The third-order valence-electron chi connectivity index (χ3n) is 5.38. The van der Waals surface area contributed by atoms with E-state index in [0.29, 0.717) is 24.8 Å². The molecule has 0 bridgehead atoms. The zero-order valence-electron chi connectivity index (χ0n) is 17.8. The van der Waals surface area contributed by atoms with Gasteiger partial charge in [0.1, 0.15) is 11.5 Å². The molecule has 164 valence electrons. The number of benzene rings is 2. The second-order valence-corrected chi connectivity index (χ2v) is 7.42. The van der Waals surface area contributed by atoms with Crippen molar-refractivity contribution in [2.75, 3.05) is 33.8 Å². The molecule has 1 heterocycles. The van der Waals surface area contributed by atoms with Crippen LogP contribution in [0.25, 0.3) is 0 Å². The van der Waals surface area contributed by atoms with E-state index < -0.39 is 0 Å². The van der Waals surface area contributed by atoms with Gasteiger partial charge in [0.15, 0.2) is 5.96 Å². The van der Waals surface area contributed by atoms with Crippen LogP contribution in [0.5, 0.6) is 11.5 Å². The van der Waals surface area contributed by atoms with Crippen molar-refractivity contribution in [2.45, 2.75) is 31.8 Å². The van der Waals surface area contributed by atoms with Gasteiger partial charge in [0.05, 0.1) is 7.11 Å². The predicted molar refractivity (Wildman–Crippen MR) is 133 cm³/mol. The lowest BCUT2D eigenvalue weighted by Gasteiger charge is -2.33. The van der Waals surface area contributed by atoms with E-state index in [-0.39, 0.29) is 29.7 Å². The van der Waals surface area contributed by atoms with Gasteiger partial charge in [-0.15, -0.1) is 24.0 Å². The van der Waals surface area contributed by atoms with Gasteiger partial charge in [-0.05, 0) is 36.5 Å². The van der Waals surface area contributed by atoms with Gasteiger partial charge in [-0.2, -0.15) is 0 Å². The van der Waals surface area contributed by atoms with Crippen molar-refractivity contribution < 1.29 is 9.84 Å². The first-order chi connectivity index (χ1) is 14.2. The van der Waals surface area contributed by atoms with Gasteiger partial charge in [-0.1, -0.05) is 36.4 Å². The molecule has 2 aromatic carbocycles. The Kier molecular flexibility index (Phi) is 10.2. The Bertz CT molecular complexity index is 793. The van der Waals surface area contributed by atoms with Crippen LogP contribution in [0.4, 0.5) is 0 Å². The Labute approximate surface area is 196 Å². The van der Waals surface area contributed by atoms with Crippen LogP contribution in [-0.4, -0.2) is 55.8 Å². The van der Waals surface area contributed by atoms with Crippen molar-refractivity contribution in [3.05, 3.63) is 59.7 Å². The van der Waals surface area contributed by atoms with E-state index in [4.69, 9.17) is 4.74 Å². The van der Waals surface area contributed by atoms with Gasteiger partial charge >= 0.3 is 0 Å². The average Bonchev–Trinajstić information content (AvgIpc) is 2.76. The van der Waals surface area contributed by atoms with Crippen molar-refractivity contribution in [3.8, 4) is 11.5 Å². The number of aromatic hydroxyl groups is 1. The lowest BCUT2D eigenvalue weighted by atomic mass is 10.0. The number of phenolic OH excluding ortho intramolecular Hbond substituents is 1. The topological polar surface area (TPSA) is 69.1 Å². The molecular weight excluding hydrogens is 491 g/mol. The third kappa shape index (κ3) is 7.36. The van der Waals surface area contributed by atoms with Crippen LogP contribution < -0.4 is 15.4 Å². The van der Waals surface area contributed by atoms with E-state index in [2.05, 4.69) is 50.9 Å². The SMILES string of the molecule is CN=C(NCCc1ccc(OC)cc1O)NC1CCN(Cc2ccccc2)CC1.I. The van der Waals surface area contributed by atoms with Crippen molar-refractivity contribution in [2.24, 2.45) is 4.99 Å². The second-order valence-electron chi connectivity index (χ2n) is 7.42. The number of hydrogen-bond donors (Lipinski definition) is 3. The summed E-state index contributed by atoms with van der Waals surface area (Å²) < 4.78 is 5.13. The Hall–Kier alpha value is -2.00. The zero-order valence-corrected chi connectivity index (χ0v) is 20.1. The zero-order chi connectivity index (χ0) is 20.5. The van der Waals surface area contributed by atoms with E-state index >= 15 is 0 Å². The minimum Gasteiger partial charge on any atom is -0.508 e. The summed E-state index contributed by atoms with van der Waals surface area (Å²) in [6.45, 7) is 3.89. The minimum atomic E-state index is 0. The van der Waals surface area contributed by atoms with Crippen LogP contribution >= 0.6 is 24.0 Å². The maximum Gasteiger partial charge on any atom is 0.191 e. The van der Waals surface area contributed by atoms with E-state index in [1.54, 1.807) is 20.2 Å². The first kappa shape index (κ1) is 24.3. The largest absolute Gasteiger partial charge is 0.508 e. The molecule has 0 aromatic heterocycles. The van der Waals surface area contributed by atoms with Crippen LogP contribution in [0.3, 0.4) is 0 Å². The number of ether oxygens (including phenoxy) is 1. The Morgan fingerprint density at radius 1 is 1.17 bits per heavy atom. The molecule has 0 unspecified atom stereocenters. The van der Waals surface area contributed by atoms with Crippen LogP contribution in [0.2, 0.25) is 0 Å². The average molecular weight is 524 g/mol.